The lowest BCUT2D eigenvalue weighted by Gasteiger charge is -2.30. The van der Waals surface area contributed by atoms with Gasteiger partial charge in [-0.1, -0.05) is 0 Å². The molecule has 1 aromatic heterocycles. The molecule has 0 aliphatic carbocycles. The lowest BCUT2D eigenvalue weighted by atomic mass is 10.1. The number of rotatable bonds is 9. The molecule has 30 heavy (non-hydrogen) atoms. The van der Waals surface area contributed by atoms with E-state index in [1.807, 2.05) is 5.32 Å². The molecule has 5 N–H and O–H groups in total. The Morgan fingerprint density at radius 1 is 1.33 bits per heavy atom. The van der Waals surface area contributed by atoms with Crippen molar-refractivity contribution < 1.29 is 58.4 Å². The highest BCUT2D eigenvalue weighted by molar-refractivity contribution is 7.43. The van der Waals surface area contributed by atoms with Gasteiger partial charge in [-0.05, 0) is 0 Å². The van der Waals surface area contributed by atoms with Gasteiger partial charge in [-0.3, -0.25) is 9.36 Å². The number of aliphatic carboxylic acids is 2. The Morgan fingerprint density at radius 3 is 2.50 bits per heavy atom. The zero-order chi connectivity index (χ0) is 22.8. The molecule has 1 aliphatic heterocycles. The number of imidazole rings is 1. The van der Waals surface area contributed by atoms with Gasteiger partial charge in [-0.25, -0.2) is 4.98 Å². The van der Waals surface area contributed by atoms with E-state index in [0.717, 1.165) is 10.9 Å². The van der Waals surface area contributed by atoms with Crippen molar-refractivity contribution >= 4 is 31.5 Å². The lowest BCUT2D eigenvalue weighted by Crippen LogP contribution is -2.50. The summed E-state index contributed by atoms with van der Waals surface area (Å²) in [5.41, 5.74) is 5.16. The maximum absolute atomic E-state index is 12.2. The number of ether oxygens (including phenoxy) is 1. The molecule has 0 aromatic carbocycles. The van der Waals surface area contributed by atoms with Crippen molar-refractivity contribution in [1.82, 2.24) is 14.9 Å². The predicted octanol–water partition coefficient (Wildman–Crippen LogP) is -7.08. The fraction of sp³-hybridized carbons (Fsp3) is 0.538. The summed E-state index contributed by atoms with van der Waals surface area (Å²) in [4.78, 5) is 58.4. The normalized spacial score (nSPS) is 25.1. The first-order valence-corrected chi connectivity index (χ1v) is 9.50. The molecule has 1 aliphatic rings. The van der Waals surface area contributed by atoms with Crippen LogP contribution in [0, 0.1) is 0 Å². The first kappa shape index (κ1) is 23.7. The fourth-order valence-electron chi connectivity index (χ4n) is 2.60. The Kier molecular flexibility index (Phi) is 7.14. The summed E-state index contributed by atoms with van der Waals surface area (Å²) < 4.78 is 20.6. The number of phosphoric acid groups is 1. The van der Waals surface area contributed by atoms with Crippen LogP contribution in [-0.4, -0.2) is 68.6 Å². The van der Waals surface area contributed by atoms with Crippen LogP contribution >= 0.6 is 7.82 Å². The number of hydrogen-bond acceptors (Lipinski definition) is 14. The van der Waals surface area contributed by atoms with Crippen LogP contribution in [0.1, 0.15) is 23.1 Å². The predicted molar refractivity (Wildman–Crippen MR) is 82.0 cm³/mol. The van der Waals surface area contributed by atoms with E-state index in [1.165, 1.54) is 0 Å². The van der Waals surface area contributed by atoms with Gasteiger partial charge in [0.25, 0.3) is 5.91 Å². The average Bonchev–Trinajstić information content (AvgIpc) is 3.12. The van der Waals surface area contributed by atoms with E-state index in [0.29, 0.717) is 0 Å². The molecule has 0 spiro atoms. The van der Waals surface area contributed by atoms with Crippen LogP contribution in [0.3, 0.4) is 0 Å². The van der Waals surface area contributed by atoms with Crippen molar-refractivity contribution in [2.24, 2.45) is 0 Å². The summed E-state index contributed by atoms with van der Waals surface area (Å²) in [5, 5.41) is 43.3. The van der Waals surface area contributed by atoms with Gasteiger partial charge >= 0.3 is 0 Å². The van der Waals surface area contributed by atoms with Gasteiger partial charge in [0.15, 0.2) is 11.9 Å². The number of nitrogens with zero attached hydrogens (tertiary/aromatic N) is 2. The first-order chi connectivity index (χ1) is 13.8. The third-order valence-corrected chi connectivity index (χ3v) is 4.48. The number of nitrogens with two attached hydrogens (primary N) is 1. The van der Waals surface area contributed by atoms with Crippen molar-refractivity contribution in [3.8, 4) is 0 Å². The minimum Gasteiger partial charge on any atom is -0.790 e. The van der Waals surface area contributed by atoms with E-state index >= 15 is 0 Å². The van der Waals surface area contributed by atoms with Crippen LogP contribution in [0.2, 0.25) is 0 Å². The van der Waals surface area contributed by atoms with Crippen molar-refractivity contribution in [3.63, 3.8) is 0 Å². The van der Waals surface area contributed by atoms with Crippen LogP contribution in [-0.2, 0) is 23.4 Å². The van der Waals surface area contributed by atoms with E-state index < -0.39 is 80.8 Å². The molecule has 1 unspecified atom stereocenters. The molecular weight excluding hydrogens is 435 g/mol. The molecule has 168 valence electrons. The highest BCUT2D eigenvalue weighted by atomic mass is 31.2. The number of anilines is 1. The van der Waals surface area contributed by atoms with Gasteiger partial charge in [0.2, 0.25) is 0 Å². The van der Waals surface area contributed by atoms with Crippen LogP contribution in [0.4, 0.5) is 5.82 Å². The zero-order valence-electron chi connectivity index (χ0n) is 14.8. The number of aliphatic hydroxyl groups excluding tert-OH is 2. The van der Waals surface area contributed by atoms with E-state index in [-0.39, 0.29) is 0 Å². The number of aromatic nitrogens is 2. The van der Waals surface area contributed by atoms with E-state index in [9.17, 15) is 49.2 Å². The third-order valence-electron chi connectivity index (χ3n) is 4.02. The summed E-state index contributed by atoms with van der Waals surface area (Å²) in [7, 11) is -5.38. The topological polar surface area (TPSA) is 275 Å². The number of hydrogen-bond donors (Lipinski definition) is 4. The number of nitrogen functional groups attached to an aromatic ring is 1. The van der Waals surface area contributed by atoms with Gasteiger partial charge in [-0.15, -0.1) is 0 Å². The smallest absolute Gasteiger partial charge is 0.274 e. The van der Waals surface area contributed by atoms with Gasteiger partial charge < -0.3 is 64.7 Å². The van der Waals surface area contributed by atoms with Crippen molar-refractivity contribution in [2.45, 2.75) is 37.0 Å². The number of amides is 1. The molecule has 1 fully saturated rings. The summed E-state index contributed by atoms with van der Waals surface area (Å²) in [5.74, 6) is -5.35. The van der Waals surface area contributed by atoms with Crippen molar-refractivity contribution in [2.75, 3.05) is 12.3 Å². The summed E-state index contributed by atoms with van der Waals surface area (Å²) in [6, 6.07) is -1.95. The molecule has 1 aromatic rings. The van der Waals surface area contributed by atoms with Gasteiger partial charge in [0, 0.05) is 12.4 Å². The molecule has 2 heterocycles. The number of carbonyl (C=O) groups is 3. The minimum absolute atomic E-state index is 0.478. The second kappa shape index (κ2) is 9.05. The molecular formula is C13H15N4O12P-4. The Bertz CT molecular complexity index is 868. The molecule has 2 rings (SSSR count). The van der Waals surface area contributed by atoms with Gasteiger partial charge in [-0.2, -0.15) is 0 Å². The van der Waals surface area contributed by atoms with E-state index in [1.54, 1.807) is 0 Å². The number of carbonyl (C=O) groups excluding carboxylic acids is 3. The number of aliphatic hydroxyl groups is 2. The van der Waals surface area contributed by atoms with Crippen LogP contribution in [0.5, 0.6) is 0 Å². The Morgan fingerprint density at radius 2 is 1.97 bits per heavy atom. The molecule has 1 saturated heterocycles. The van der Waals surface area contributed by atoms with Crippen LogP contribution in [0.25, 0.3) is 0 Å². The zero-order valence-corrected chi connectivity index (χ0v) is 15.7. The second-order valence-electron chi connectivity index (χ2n) is 6.10. The highest BCUT2D eigenvalue weighted by Crippen LogP contribution is 2.34. The second-order valence-corrected chi connectivity index (χ2v) is 7.25. The molecule has 5 atom stereocenters. The fourth-order valence-corrected chi connectivity index (χ4v) is 2.93. The van der Waals surface area contributed by atoms with Gasteiger partial charge in [0.1, 0.15) is 24.1 Å². The standard InChI is InChI=1S/C13H19N4O12P/c14-10-7(11(22)16-4(13(23)24)1-6(18)19)15-3-17(10)12-9(21)8(20)5(29-12)2-28-30(25,26)27/h3-5,8-9,12,20-21H,1-2,14H2,(H,16,22)(H,18,19)(H,23,24)(H2,25,26,27)/p-4/t4?,5-,8-,9-,12-/m1/s1. The summed E-state index contributed by atoms with van der Waals surface area (Å²) >= 11 is 0. The molecule has 0 radical (unpaired) electrons. The maximum atomic E-state index is 12.2. The number of carboxylic acid groups (broad SMARTS) is 2. The van der Waals surface area contributed by atoms with Crippen LogP contribution < -0.4 is 31.1 Å². The molecule has 0 bridgehead atoms. The van der Waals surface area contributed by atoms with Crippen LogP contribution in [0.15, 0.2) is 6.33 Å². The van der Waals surface area contributed by atoms with E-state index in [4.69, 9.17) is 10.5 Å². The summed E-state index contributed by atoms with van der Waals surface area (Å²) in [6.45, 7) is -0.905. The van der Waals surface area contributed by atoms with E-state index in [2.05, 4.69) is 9.51 Å². The first-order valence-electron chi connectivity index (χ1n) is 8.04. The third kappa shape index (κ3) is 5.51. The molecule has 0 saturated carbocycles. The molecule has 16 nitrogen and oxygen atoms in total. The minimum atomic E-state index is -5.38. The lowest BCUT2D eigenvalue weighted by molar-refractivity contribution is -0.343. The Labute approximate surface area is 167 Å². The SMILES string of the molecule is Nc1c(C(=O)NC(CC(=O)[O-])C(=O)[O-])ncn1[C@@H]1O[C@H](COP(=O)([O-])[O-])[C@@H](O)[C@H]1O. The molecule has 17 heteroatoms. The largest absolute Gasteiger partial charge is 0.790 e. The maximum Gasteiger partial charge on any atom is 0.274 e. The van der Waals surface area contributed by atoms with Crippen molar-refractivity contribution in [1.29, 1.82) is 0 Å². The number of phosphoric ester groups is 1. The Balaban J connectivity index is 2.16. The monoisotopic (exact) mass is 450 g/mol. The van der Waals surface area contributed by atoms with Gasteiger partial charge in [0.05, 0.1) is 32.8 Å². The highest BCUT2D eigenvalue weighted by Gasteiger charge is 2.44. The number of nitrogens with one attached hydrogen (secondary N) is 1. The van der Waals surface area contributed by atoms with Crippen molar-refractivity contribution in [3.05, 3.63) is 12.0 Å². The summed E-state index contributed by atoms with van der Waals surface area (Å²) in [6.07, 6.45) is -6.56. The average molecular weight is 450 g/mol. The quantitative estimate of drug-likeness (QED) is 0.254. The Hall–Kier alpha value is -2.59. The number of carboxylic acids is 2. The molecule has 1 amide bonds.